The van der Waals surface area contributed by atoms with Crippen LogP contribution in [-0.2, 0) is 25.5 Å². The maximum atomic E-state index is 12.5. The number of nitrogens with one attached hydrogen (secondary N) is 1. The van der Waals surface area contributed by atoms with Gasteiger partial charge in [-0.2, -0.15) is 0 Å². The summed E-state index contributed by atoms with van der Waals surface area (Å²) in [5, 5.41) is 3.01. The SMILES string of the molecule is CCc1ccc([C@H](NC(=O)COC(=O)C2C[C@H]3CCC[C@@H](C2)C3=O)C(C)C)cc1. The van der Waals surface area contributed by atoms with Gasteiger partial charge in [-0.05, 0) is 49.1 Å². The van der Waals surface area contributed by atoms with Crippen molar-refractivity contribution in [1.82, 2.24) is 5.32 Å². The second-order valence-corrected chi connectivity index (χ2v) is 8.89. The number of benzene rings is 1. The molecule has 158 valence electrons. The zero-order valence-corrected chi connectivity index (χ0v) is 17.8. The average molecular weight is 400 g/mol. The fourth-order valence-electron chi connectivity index (χ4n) is 4.74. The molecular formula is C24H33NO4. The summed E-state index contributed by atoms with van der Waals surface area (Å²) in [6, 6.07) is 8.14. The Morgan fingerprint density at radius 1 is 1.10 bits per heavy atom. The quantitative estimate of drug-likeness (QED) is 0.704. The van der Waals surface area contributed by atoms with Gasteiger partial charge >= 0.3 is 5.97 Å². The van der Waals surface area contributed by atoms with Crippen LogP contribution in [0.5, 0.6) is 0 Å². The van der Waals surface area contributed by atoms with Gasteiger partial charge in [0.1, 0.15) is 5.78 Å². The minimum absolute atomic E-state index is 0.00490. The number of carbonyl (C=O) groups is 3. The zero-order chi connectivity index (χ0) is 21.0. The van der Waals surface area contributed by atoms with Crippen molar-refractivity contribution in [2.75, 3.05) is 6.61 Å². The van der Waals surface area contributed by atoms with Crippen molar-refractivity contribution >= 4 is 17.7 Å². The summed E-state index contributed by atoms with van der Waals surface area (Å²) >= 11 is 0. The largest absolute Gasteiger partial charge is 0.455 e. The van der Waals surface area contributed by atoms with Gasteiger partial charge in [0.15, 0.2) is 6.61 Å². The summed E-state index contributed by atoms with van der Waals surface area (Å²) in [5.74, 6) is -0.326. The van der Waals surface area contributed by atoms with E-state index in [1.54, 1.807) is 0 Å². The number of ether oxygens (including phenoxy) is 1. The van der Waals surface area contributed by atoms with Crippen LogP contribution >= 0.6 is 0 Å². The molecule has 0 saturated heterocycles. The van der Waals surface area contributed by atoms with E-state index in [9.17, 15) is 14.4 Å². The number of Topliss-reactive ketones (excluding diaryl/α,β-unsaturated/α-hetero) is 1. The van der Waals surface area contributed by atoms with Gasteiger partial charge in [-0.15, -0.1) is 0 Å². The molecule has 4 atom stereocenters. The van der Waals surface area contributed by atoms with E-state index < -0.39 is 0 Å². The van der Waals surface area contributed by atoms with Crippen molar-refractivity contribution in [3.05, 3.63) is 35.4 Å². The van der Waals surface area contributed by atoms with E-state index in [0.29, 0.717) is 18.6 Å². The lowest BCUT2D eigenvalue weighted by Crippen LogP contribution is -2.40. The van der Waals surface area contributed by atoms with Gasteiger partial charge in [0.2, 0.25) is 0 Å². The smallest absolute Gasteiger partial charge is 0.309 e. The molecule has 3 rings (SSSR count). The number of rotatable bonds is 7. The number of esters is 1. The highest BCUT2D eigenvalue weighted by molar-refractivity contribution is 5.88. The Bertz CT molecular complexity index is 724. The van der Waals surface area contributed by atoms with E-state index in [4.69, 9.17) is 4.74 Å². The minimum atomic E-state index is -0.335. The van der Waals surface area contributed by atoms with Gasteiger partial charge < -0.3 is 10.1 Å². The lowest BCUT2D eigenvalue weighted by atomic mass is 9.67. The molecule has 1 amide bonds. The molecule has 5 heteroatoms. The molecular weight excluding hydrogens is 366 g/mol. The molecule has 0 aromatic heterocycles. The fourth-order valence-corrected chi connectivity index (χ4v) is 4.74. The Labute approximate surface area is 173 Å². The van der Waals surface area contributed by atoms with Crippen molar-refractivity contribution in [3.8, 4) is 0 Å². The second kappa shape index (κ2) is 9.55. The van der Waals surface area contributed by atoms with Crippen molar-refractivity contribution in [2.24, 2.45) is 23.7 Å². The summed E-state index contributed by atoms with van der Waals surface area (Å²) in [7, 11) is 0. The molecule has 2 aliphatic rings. The molecule has 5 nitrogen and oxygen atoms in total. The van der Waals surface area contributed by atoms with Crippen molar-refractivity contribution in [3.63, 3.8) is 0 Å². The first-order valence-electron chi connectivity index (χ1n) is 11.0. The van der Waals surface area contributed by atoms with Crippen LogP contribution in [-0.4, -0.2) is 24.3 Å². The standard InChI is InChI=1S/C24H33NO4/c1-4-16-8-10-17(11-9-16)22(15(2)3)25-21(26)14-29-24(28)20-12-18-6-5-7-19(13-20)23(18)27/h8-11,15,18-20,22H,4-7,12-14H2,1-3H3,(H,25,26)/t18-,19+,20?,22-/m1/s1. The Morgan fingerprint density at radius 2 is 1.72 bits per heavy atom. The molecule has 1 aromatic carbocycles. The first kappa shape index (κ1) is 21.5. The third-order valence-electron chi connectivity index (χ3n) is 6.46. The lowest BCUT2D eigenvalue weighted by Gasteiger charge is -2.36. The minimum Gasteiger partial charge on any atom is -0.455 e. The Hall–Kier alpha value is -2.17. The van der Waals surface area contributed by atoms with Gasteiger partial charge in [0.25, 0.3) is 5.91 Å². The number of hydrogen-bond donors (Lipinski definition) is 1. The van der Waals surface area contributed by atoms with Crippen LogP contribution < -0.4 is 5.32 Å². The van der Waals surface area contributed by atoms with Crippen LogP contribution in [0.3, 0.4) is 0 Å². The van der Waals surface area contributed by atoms with Crippen LogP contribution in [0.2, 0.25) is 0 Å². The molecule has 0 spiro atoms. The molecule has 0 heterocycles. The molecule has 1 aromatic rings. The predicted octanol–water partition coefficient (Wildman–Crippen LogP) is 4.00. The lowest BCUT2D eigenvalue weighted by molar-refractivity contribution is -0.156. The molecule has 2 bridgehead atoms. The monoisotopic (exact) mass is 399 g/mol. The number of amides is 1. The molecule has 29 heavy (non-hydrogen) atoms. The number of fused-ring (bicyclic) bond motifs is 2. The number of ketones is 1. The molecule has 0 aliphatic heterocycles. The predicted molar refractivity (Wildman–Crippen MR) is 111 cm³/mol. The average Bonchev–Trinajstić information content (AvgIpc) is 2.70. The summed E-state index contributed by atoms with van der Waals surface area (Å²) in [5.41, 5.74) is 2.31. The topological polar surface area (TPSA) is 72.5 Å². The first-order valence-corrected chi connectivity index (χ1v) is 11.0. The van der Waals surface area contributed by atoms with Crippen molar-refractivity contribution in [2.45, 2.75) is 65.3 Å². The highest BCUT2D eigenvalue weighted by Crippen LogP contribution is 2.40. The maximum absolute atomic E-state index is 12.5. The third kappa shape index (κ3) is 5.26. The van der Waals surface area contributed by atoms with E-state index in [1.165, 1.54) is 5.56 Å². The second-order valence-electron chi connectivity index (χ2n) is 8.89. The van der Waals surface area contributed by atoms with Crippen LogP contribution in [0.25, 0.3) is 0 Å². The molecule has 0 radical (unpaired) electrons. The van der Waals surface area contributed by atoms with Gasteiger partial charge in [-0.25, -0.2) is 0 Å². The highest BCUT2D eigenvalue weighted by Gasteiger charge is 2.41. The van der Waals surface area contributed by atoms with E-state index in [-0.39, 0.29) is 48.2 Å². The van der Waals surface area contributed by atoms with Gasteiger partial charge in [0, 0.05) is 11.8 Å². The van der Waals surface area contributed by atoms with Crippen molar-refractivity contribution in [1.29, 1.82) is 0 Å². The summed E-state index contributed by atoms with van der Waals surface area (Å²) in [4.78, 5) is 37.1. The maximum Gasteiger partial charge on any atom is 0.309 e. The number of aryl methyl sites for hydroxylation is 1. The normalized spacial score (nSPS) is 24.8. The van der Waals surface area contributed by atoms with Gasteiger partial charge in [0.05, 0.1) is 12.0 Å². The van der Waals surface area contributed by atoms with E-state index >= 15 is 0 Å². The Balaban J connectivity index is 1.52. The molecule has 2 fully saturated rings. The summed E-state index contributed by atoms with van der Waals surface area (Å²) in [6.45, 7) is 5.96. The molecule has 2 aliphatic carbocycles. The number of carbonyl (C=O) groups excluding carboxylic acids is 3. The van der Waals surface area contributed by atoms with E-state index in [1.807, 2.05) is 12.1 Å². The van der Waals surface area contributed by atoms with Gasteiger partial charge in [-0.3, -0.25) is 14.4 Å². The Morgan fingerprint density at radius 3 is 2.28 bits per heavy atom. The van der Waals surface area contributed by atoms with Crippen LogP contribution in [0.15, 0.2) is 24.3 Å². The third-order valence-corrected chi connectivity index (χ3v) is 6.46. The summed E-state index contributed by atoms with van der Waals surface area (Å²) < 4.78 is 5.33. The molecule has 1 unspecified atom stereocenters. The highest BCUT2D eigenvalue weighted by atomic mass is 16.5. The number of hydrogen-bond acceptors (Lipinski definition) is 4. The van der Waals surface area contributed by atoms with Crippen molar-refractivity contribution < 1.29 is 19.1 Å². The fraction of sp³-hybridized carbons (Fsp3) is 0.625. The van der Waals surface area contributed by atoms with Gasteiger partial charge in [-0.1, -0.05) is 51.5 Å². The Kier molecular flexibility index (Phi) is 7.09. The van der Waals surface area contributed by atoms with Crippen LogP contribution in [0.1, 0.15) is 70.0 Å². The summed E-state index contributed by atoms with van der Waals surface area (Å²) in [6.07, 6.45) is 4.96. The van der Waals surface area contributed by atoms with Crippen LogP contribution in [0, 0.1) is 23.7 Å². The molecule has 2 saturated carbocycles. The first-order chi connectivity index (χ1) is 13.9. The van der Waals surface area contributed by atoms with E-state index in [2.05, 4.69) is 38.2 Å². The zero-order valence-electron chi connectivity index (χ0n) is 17.8. The molecule has 1 N–H and O–H groups in total. The van der Waals surface area contributed by atoms with E-state index in [0.717, 1.165) is 31.2 Å². The van der Waals surface area contributed by atoms with Crippen LogP contribution in [0.4, 0.5) is 0 Å².